The second-order valence-electron chi connectivity index (χ2n) is 8.56. The predicted molar refractivity (Wildman–Crippen MR) is 107 cm³/mol. The molecule has 148 valence electrons. The summed E-state index contributed by atoms with van der Waals surface area (Å²) >= 11 is 0. The molecule has 3 saturated heterocycles. The average molecular weight is 372 g/mol. The molecule has 1 aromatic carbocycles. The molecule has 3 aliphatic rings. The van der Waals surface area contributed by atoms with Crippen molar-refractivity contribution in [2.45, 2.75) is 45.2 Å². The van der Waals surface area contributed by atoms with Gasteiger partial charge >= 0.3 is 0 Å². The first-order valence-electron chi connectivity index (χ1n) is 10.6. The molecule has 3 heterocycles. The molecule has 3 aliphatic heterocycles. The van der Waals surface area contributed by atoms with Gasteiger partial charge in [-0.1, -0.05) is 19.1 Å². The summed E-state index contributed by atoms with van der Waals surface area (Å²) in [6, 6.07) is 9.07. The fourth-order valence-electron chi connectivity index (χ4n) is 4.64. The molecule has 0 aliphatic carbocycles. The molecular formula is C22H33N3O2. The summed E-state index contributed by atoms with van der Waals surface area (Å²) in [5.41, 5.74) is 1.32. The molecule has 0 bridgehead atoms. The van der Waals surface area contributed by atoms with Gasteiger partial charge in [0.15, 0.2) is 6.61 Å². The summed E-state index contributed by atoms with van der Waals surface area (Å²) in [4.78, 5) is 19.4. The summed E-state index contributed by atoms with van der Waals surface area (Å²) in [7, 11) is 0. The van der Waals surface area contributed by atoms with Crippen LogP contribution in [0, 0.1) is 5.92 Å². The molecule has 4 rings (SSSR count). The van der Waals surface area contributed by atoms with Gasteiger partial charge in [-0.05, 0) is 55.8 Å². The summed E-state index contributed by atoms with van der Waals surface area (Å²) in [5, 5.41) is 0. The predicted octanol–water partition coefficient (Wildman–Crippen LogP) is 2.60. The lowest BCUT2D eigenvalue weighted by Gasteiger charge is -2.37. The Morgan fingerprint density at radius 1 is 1.04 bits per heavy atom. The van der Waals surface area contributed by atoms with Crippen molar-refractivity contribution in [2.75, 3.05) is 45.9 Å². The number of rotatable bonds is 5. The van der Waals surface area contributed by atoms with E-state index in [1.807, 2.05) is 17.0 Å². The zero-order valence-electron chi connectivity index (χ0n) is 16.6. The number of carbonyl (C=O) groups excluding carboxylic acids is 1. The summed E-state index contributed by atoms with van der Waals surface area (Å²) in [5.74, 6) is 1.64. The molecule has 1 aromatic rings. The molecule has 0 unspecified atom stereocenters. The van der Waals surface area contributed by atoms with Crippen LogP contribution in [0.15, 0.2) is 24.3 Å². The number of piperazine rings is 1. The highest BCUT2D eigenvalue weighted by molar-refractivity contribution is 5.77. The minimum atomic E-state index is 0.111. The third-order valence-electron chi connectivity index (χ3n) is 6.50. The van der Waals surface area contributed by atoms with Crippen LogP contribution in [0.4, 0.5) is 0 Å². The van der Waals surface area contributed by atoms with Gasteiger partial charge in [0.2, 0.25) is 0 Å². The minimum Gasteiger partial charge on any atom is -0.484 e. The number of fused-ring (bicyclic) bond motifs is 1. The van der Waals surface area contributed by atoms with E-state index in [4.69, 9.17) is 4.74 Å². The van der Waals surface area contributed by atoms with Crippen LogP contribution in [-0.4, -0.2) is 72.5 Å². The molecule has 0 aromatic heterocycles. The third kappa shape index (κ3) is 4.82. The van der Waals surface area contributed by atoms with Gasteiger partial charge in [-0.3, -0.25) is 14.6 Å². The van der Waals surface area contributed by atoms with Crippen molar-refractivity contribution in [3.63, 3.8) is 0 Å². The van der Waals surface area contributed by atoms with Crippen LogP contribution in [-0.2, 0) is 11.3 Å². The fraction of sp³-hybridized carbons (Fsp3) is 0.682. The van der Waals surface area contributed by atoms with Crippen LogP contribution in [0.25, 0.3) is 0 Å². The highest BCUT2D eigenvalue weighted by Gasteiger charge is 2.30. The fourth-order valence-corrected chi connectivity index (χ4v) is 4.64. The average Bonchev–Trinajstić information content (AvgIpc) is 3.15. The van der Waals surface area contributed by atoms with Gasteiger partial charge in [0.1, 0.15) is 5.75 Å². The van der Waals surface area contributed by atoms with Crippen LogP contribution < -0.4 is 4.74 Å². The Morgan fingerprint density at radius 2 is 1.81 bits per heavy atom. The summed E-state index contributed by atoms with van der Waals surface area (Å²) in [6.45, 7) is 10.0. The van der Waals surface area contributed by atoms with Crippen LogP contribution in [0.2, 0.25) is 0 Å². The molecule has 0 radical (unpaired) electrons. The van der Waals surface area contributed by atoms with E-state index in [1.54, 1.807) is 0 Å². The van der Waals surface area contributed by atoms with Gasteiger partial charge in [-0.25, -0.2) is 0 Å². The van der Waals surface area contributed by atoms with E-state index in [2.05, 4.69) is 28.9 Å². The molecular weight excluding hydrogens is 338 g/mol. The monoisotopic (exact) mass is 371 g/mol. The first kappa shape index (κ1) is 18.8. The molecule has 1 amide bonds. The van der Waals surface area contributed by atoms with Crippen molar-refractivity contribution >= 4 is 5.91 Å². The normalized spacial score (nSPS) is 24.8. The first-order valence-corrected chi connectivity index (χ1v) is 10.6. The van der Waals surface area contributed by atoms with Crippen molar-refractivity contribution in [3.8, 4) is 5.75 Å². The van der Waals surface area contributed by atoms with E-state index in [-0.39, 0.29) is 12.5 Å². The SMILES string of the molecule is CC1CCN(C(=O)COc2ccc(CN3CCN4CCC[C@H]4C3)cc2)CC1. The number of likely N-dealkylation sites (tertiary alicyclic amines) is 1. The first-order chi connectivity index (χ1) is 13.2. The number of piperidine rings is 1. The Balaban J connectivity index is 1.22. The van der Waals surface area contributed by atoms with Crippen LogP contribution in [0.1, 0.15) is 38.2 Å². The Kier molecular flexibility index (Phi) is 5.98. The number of benzene rings is 1. The van der Waals surface area contributed by atoms with E-state index in [0.29, 0.717) is 0 Å². The van der Waals surface area contributed by atoms with E-state index in [1.165, 1.54) is 38.0 Å². The Hall–Kier alpha value is -1.59. The van der Waals surface area contributed by atoms with Crippen molar-refractivity contribution in [1.82, 2.24) is 14.7 Å². The molecule has 0 saturated carbocycles. The Bertz CT molecular complexity index is 625. The van der Waals surface area contributed by atoms with Crippen molar-refractivity contribution < 1.29 is 9.53 Å². The topological polar surface area (TPSA) is 36.0 Å². The summed E-state index contributed by atoms with van der Waals surface area (Å²) < 4.78 is 5.74. The van der Waals surface area contributed by atoms with E-state index in [9.17, 15) is 4.79 Å². The van der Waals surface area contributed by atoms with Gasteiger partial charge < -0.3 is 9.64 Å². The number of hydrogen-bond acceptors (Lipinski definition) is 4. The number of carbonyl (C=O) groups is 1. The van der Waals surface area contributed by atoms with Crippen molar-refractivity contribution in [1.29, 1.82) is 0 Å². The van der Waals surface area contributed by atoms with Gasteiger partial charge in [0.25, 0.3) is 5.91 Å². The summed E-state index contributed by atoms with van der Waals surface area (Å²) in [6.07, 6.45) is 4.93. The van der Waals surface area contributed by atoms with Gasteiger partial charge in [-0.15, -0.1) is 0 Å². The van der Waals surface area contributed by atoms with Crippen molar-refractivity contribution in [3.05, 3.63) is 29.8 Å². The number of hydrogen-bond donors (Lipinski definition) is 0. The van der Waals surface area contributed by atoms with Crippen LogP contribution in [0.3, 0.4) is 0 Å². The lowest BCUT2D eigenvalue weighted by Crippen LogP contribution is -2.49. The van der Waals surface area contributed by atoms with Crippen LogP contribution >= 0.6 is 0 Å². The highest BCUT2D eigenvalue weighted by Crippen LogP contribution is 2.23. The Labute approximate surface area is 163 Å². The number of ether oxygens (including phenoxy) is 1. The quantitative estimate of drug-likeness (QED) is 0.797. The lowest BCUT2D eigenvalue weighted by atomic mass is 9.99. The second kappa shape index (κ2) is 8.61. The largest absolute Gasteiger partial charge is 0.484 e. The lowest BCUT2D eigenvalue weighted by molar-refractivity contribution is -0.134. The second-order valence-corrected chi connectivity index (χ2v) is 8.56. The molecule has 1 atom stereocenters. The maximum absolute atomic E-state index is 12.3. The van der Waals surface area contributed by atoms with E-state index < -0.39 is 0 Å². The van der Waals surface area contributed by atoms with Gasteiger partial charge in [0.05, 0.1) is 0 Å². The maximum atomic E-state index is 12.3. The zero-order chi connectivity index (χ0) is 18.6. The standard InChI is InChI=1S/C22H33N3O2/c1-18-8-11-25(12-9-18)22(26)17-27-21-6-4-19(5-7-21)15-23-13-14-24-10-2-3-20(24)16-23/h4-7,18,20H,2-3,8-17H2,1H3/t20-/m0/s1. The highest BCUT2D eigenvalue weighted by atomic mass is 16.5. The molecule has 5 heteroatoms. The molecule has 5 nitrogen and oxygen atoms in total. The number of nitrogens with zero attached hydrogens (tertiary/aromatic N) is 3. The minimum absolute atomic E-state index is 0.111. The molecule has 3 fully saturated rings. The smallest absolute Gasteiger partial charge is 0.260 e. The number of amides is 1. The maximum Gasteiger partial charge on any atom is 0.260 e. The van der Waals surface area contributed by atoms with Crippen LogP contribution in [0.5, 0.6) is 5.75 Å². The van der Waals surface area contributed by atoms with E-state index >= 15 is 0 Å². The molecule has 27 heavy (non-hydrogen) atoms. The Morgan fingerprint density at radius 3 is 2.59 bits per heavy atom. The van der Waals surface area contributed by atoms with Crippen molar-refractivity contribution in [2.24, 2.45) is 5.92 Å². The zero-order valence-corrected chi connectivity index (χ0v) is 16.6. The molecule has 0 spiro atoms. The molecule has 0 N–H and O–H groups in total. The van der Waals surface area contributed by atoms with E-state index in [0.717, 1.165) is 56.7 Å². The third-order valence-corrected chi connectivity index (χ3v) is 6.50. The van der Waals surface area contributed by atoms with Gasteiger partial charge in [0, 0.05) is 45.3 Å². The van der Waals surface area contributed by atoms with Gasteiger partial charge in [-0.2, -0.15) is 0 Å².